The van der Waals surface area contributed by atoms with Crippen LogP contribution >= 0.6 is 0 Å². The van der Waals surface area contributed by atoms with E-state index in [2.05, 4.69) is 10.3 Å². The van der Waals surface area contributed by atoms with Crippen LogP contribution in [0.3, 0.4) is 0 Å². The lowest BCUT2D eigenvalue weighted by molar-refractivity contribution is -0.518. The Morgan fingerprint density at radius 1 is 1.46 bits per heavy atom. The van der Waals surface area contributed by atoms with Gasteiger partial charge in [-0.05, 0) is 0 Å². The number of nitrogens with zero attached hydrogens (tertiary/aromatic N) is 1. The molecule has 0 amide bonds. The molecule has 0 aromatic heterocycles. The fraction of sp³-hybridized carbons (Fsp3) is 0.750. The van der Waals surface area contributed by atoms with Crippen molar-refractivity contribution in [2.75, 3.05) is 13.1 Å². The summed E-state index contributed by atoms with van der Waals surface area (Å²) in [5, 5.41) is 2.07. The third-order valence-electron chi connectivity index (χ3n) is 0.919. The Morgan fingerprint density at radius 3 is 2.00 bits per heavy atom. The average molecular weight is 220 g/mol. The lowest BCUT2D eigenvalue weighted by Gasteiger charge is -2.08. The van der Waals surface area contributed by atoms with E-state index in [1.165, 1.54) is 0 Å². The topological polar surface area (TPSA) is 86.2 Å². The minimum Gasteiger partial charge on any atom is -0.741 e. The van der Waals surface area contributed by atoms with E-state index in [-0.39, 0.29) is 0 Å². The molecule has 1 heterocycles. The number of alkyl halides is 3. The van der Waals surface area contributed by atoms with Crippen LogP contribution in [0.2, 0.25) is 0 Å². The summed E-state index contributed by atoms with van der Waals surface area (Å²) >= 11 is 0. The molecule has 0 unspecified atom stereocenters. The lowest BCUT2D eigenvalue weighted by Crippen LogP contribution is -2.80. The normalized spacial score (nSPS) is 16.6. The van der Waals surface area contributed by atoms with Gasteiger partial charge in [-0.25, -0.2) is 13.4 Å². The molecule has 0 saturated carbocycles. The molecular formula is C4H7F3N2O3S. The maximum Gasteiger partial charge on any atom is 0.485 e. The van der Waals surface area contributed by atoms with Crippen LogP contribution < -0.4 is 5.32 Å². The number of hydrogen-bond acceptors (Lipinski definition) is 4. The molecule has 5 nitrogen and oxygen atoms in total. The number of aliphatic imine (C=N–C) groups is 1. The van der Waals surface area contributed by atoms with Gasteiger partial charge in [0, 0.05) is 0 Å². The second-order valence-corrected chi connectivity index (χ2v) is 3.35. The Kier molecular flexibility index (Phi) is 4.30. The highest BCUT2D eigenvalue weighted by molar-refractivity contribution is 7.86. The first-order chi connectivity index (χ1) is 5.75. The van der Waals surface area contributed by atoms with E-state index in [1.807, 2.05) is 6.34 Å². The van der Waals surface area contributed by atoms with Crippen LogP contribution in [-0.4, -0.2) is 37.9 Å². The predicted molar refractivity (Wildman–Crippen MR) is 35.9 cm³/mol. The number of quaternary nitrogens is 1. The van der Waals surface area contributed by atoms with E-state index < -0.39 is 15.6 Å². The molecule has 13 heavy (non-hydrogen) atoms. The quantitative estimate of drug-likeness (QED) is 0.404. The molecular weight excluding hydrogens is 213 g/mol. The highest BCUT2D eigenvalue weighted by atomic mass is 32.2. The van der Waals surface area contributed by atoms with Gasteiger partial charge in [0.25, 0.3) is 0 Å². The molecule has 0 aromatic rings. The van der Waals surface area contributed by atoms with Crippen LogP contribution in [0.25, 0.3) is 0 Å². The Hall–Kier alpha value is -0.670. The van der Waals surface area contributed by atoms with Gasteiger partial charge in [-0.1, -0.05) is 0 Å². The molecule has 1 aliphatic heterocycles. The summed E-state index contributed by atoms with van der Waals surface area (Å²) in [4.78, 5) is 3.90. The van der Waals surface area contributed by atoms with E-state index in [9.17, 15) is 13.2 Å². The predicted octanol–water partition coefficient (Wildman–Crippen LogP) is -1.36. The SMILES string of the molecule is C1=NCC[NH2+]1.O=S(=O)([O-])C(F)(F)F. The second kappa shape index (κ2) is 4.53. The minimum atomic E-state index is -6.09. The Labute approximate surface area is 72.4 Å². The van der Waals surface area contributed by atoms with Gasteiger partial charge >= 0.3 is 5.51 Å². The molecule has 0 aliphatic carbocycles. The van der Waals surface area contributed by atoms with Crippen molar-refractivity contribution < 1.29 is 31.5 Å². The molecule has 9 heteroatoms. The van der Waals surface area contributed by atoms with Crippen LogP contribution in [-0.2, 0) is 10.1 Å². The van der Waals surface area contributed by atoms with Crippen molar-refractivity contribution in [3.05, 3.63) is 0 Å². The van der Waals surface area contributed by atoms with Crippen molar-refractivity contribution in [2.24, 2.45) is 4.99 Å². The van der Waals surface area contributed by atoms with Crippen molar-refractivity contribution in [3.8, 4) is 0 Å². The molecule has 0 spiro atoms. The monoisotopic (exact) mass is 220 g/mol. The highest BCUT2D eigenvalue weighted by Crippen LogP contribution is 2.20. The van der Waals surface area contributed by atoms with Gasteiger partial charge in [-0.15, -0.1) is 0 Å². The summed E-state index contributed by atoms with van der Waals surface area (Å²) in [6.45, 7) is 2.17. The van der Waals surface area contributed by atoms with Crippen molar-refractivity contribution in [3.63, 3.8) is 0 Å². The standard InChI is InChI=1S/C3H6N2.CHF3O3S/c1-2-5-3-4-1;2-1(3,4)8(5,6)7/h3H,1-2H2,(H,4,5);(H,5,6,7). The summed E-state index contributed by atoms with van der Waals surface area (Å²) in [5.41, 5.74) is -5.65. The number of hydrogen-bond donors (Lipinski definition) is 1. The maximum absolute atomic E-state index is 10.7. The summed E-state index contributed by atoms with van der Waals surface area (Å²) in [6.07, 6.45) is 1.86. The van der Waals surface area contributed by atoms with Gasteiger partial charge in [-0.2, -0.15) is 13.2 Å². The van der Waals surface area contributed by atoms with Gasteiger partial charge in [0.05, 0.1) is 6.54 Å². The molecule has 0 bridgehead atoms. The smallest absolute Gasteiger partial charge is 0.485 e. The highest BCUT2D eigenvalue weighted by Gasteiger charge is 2.36. The van der Waals surface area contributed by atoms with E-state index in [0.717, 1.165) is 13.1 Å². The fourth-order valence-corrected chi connectivity index (χ4v) is 0.373. The van der Waals surface area contributed by atoms with Gasteiger partial charge in [0.1, 0.15) is 6.54 Å². The fourth-order valence-electron chi connectivity index (χ4n) is 0.373. The molecule has 2 N–H and O–H groups in total. The Morgan fingerprint density at radius 2 is 1.92 bits per heavy atom. The van der Waals surface area contributed by atoms with Crippen LogP contribution in [0.4, 0.5) is 13.2 Å². The zero-order valence-corrected chi connectivity index (χ0v) is 7.10. The third-order valence-corrected chi connectivity index (χ3v) is 1.49. The zero-order valence-electron chi connectivity index (χ0n) is 6.28. The minimum absolute atomic E-state index is 1.01. The van der Waals surface area contributed by atoms with Gasteiger partial charge in [0.2, 0.25) is 0 Å². The summed E-state index contributed by atoms with van der Waals surface area (Å²) in [6, 6.07) is 0. The Bertz CT molecular complexity index is 265. The molecule has 0 saturated heterocycles. The van der Waals surface area contributed by atoms with Gasteiger partial charge < -0.3 is 9.87 Å². The Balaban J connectivity index is 0.000000243. The van der Waals surface area contributed by atoms with Crippen molar-refractivity contribution in [1.29, 1.82) is 0 Å². The van der Waals surface area contributed by atoms with Crippen LogP contribution in [0.15, 0.2) is 4.99 Å². The molecule has 1 aliphatic rings. The molecule has 0 fully saturated rings. The number of halogens is 3. The molecule has 78 valence electrons. The van der Waals surface area contributed by atoms with Crippen LogP contribution in [0.5, 0.6) is 0 Å². The molecule has 1 rings (SSSR count). The molecule has 0 radical (unpaired) electrons. The van der Waals surface area contributed by atoms with Crippen molar-refractivity contribution in [2.45, 2.75) is 5.51 Å². The summed E-state index contributed by atoms with van der Waals surface area (Å²) in [7, 11) is -6.09. The van der Waals surface area contributed by atoms with Crippen LogP contribution in [0.1, 0.15) is 0 Å². The zero-order chi connectivity index (χ0) is 10.5. The van der Waals surface area contributed by atoms with Crippen molar-refractivity contribution >= 4 is 16.5 Å². The van der Waals surface area contributed by atoms with E-state index in [0.29, 0.717) is 0 Å². The van der Waals surface area contributed by atoms with Crippen LogP contribution in [0, 0.1) is 0 Å². The summed E-state index contributed by atoms with van der Waals surface area (Å²) < 4.78 is 58.9. The lowest BCUT2D eigenvalue weighted by atomic mass is 10.7. The average Bonchev–Trinajstić information content (AvgIpc) is 2.35. The summed E-state index contributed by atoms with van der Waals surface area (Å²) in [5.74, 6) is 0. The first-order valence-corrected chi connectivity index (χ1v) is 4.50. The van der Waals surface area contributed by atoms with E-state index in [4.69, 9.17) is 13.0 Å². The molecule has 0 aromatic carbocycles. The third kappa shape index (κ3) is 5.55. The van der Waals surface area contributed by atoms with E-state index >= 15 is 0 Å². The van der Waals surface area contributed by atoms with Crippen molar-refractivity contribution in [1.82, 2.24) is 0 Å². The van der Waals surface area contributed by atoms with E-state index in [1.54, 1.807) is 0 Å². The maximum atomic E-state index is 10.7. The molecule has 0 atom stereocenters. The van der Waals surface area contributed by atoms with Gasteiger partial charge in [-0.3, -0.25) is 0 Å². The van der Waals surface area contributed by atoms with Gasteiger partial charge in [0.15, 0.2) is 16.5 Å². The number of nitrogens with two attached hydrogens (primary N) is 1. The first kappa shape index (κ1) is 12.3. The first-order valence-electron chi connectivity index (χ1n) is 3.09. The largest absolute Gasteiger partial charge is 0.741 e. The second-order valence-electron chi connectivity index (χ2n) is 1.98. The number of rotatable bonds is 0.